The Morgan fingerprint density at radius 1 is 1.32 bits per heavy atom. The third-order valence-electron chi connectivity index (χ3n) is 4.34. The van der Waals surface area contributed by atoms with Crippen LogP contribution in [0.15, 0.2) is 12.2 Å². The predicted octanol–water partition coefficient (Wildman–Crippen LogP) is 3.45. The molecule has 6 heteroatoms. The standard InChI is InChI=1S/C16H29NO4Si/c1-15(2,3)21-14(19)17-12(8-9-13(17)18)10-11-16(4,5)22(6,7)20/h8-9,12,20H,10-11H2,1-7H3/t12-/m0/s1. The molecule has 0 radical (unpaired) electrons. The molecule has 0 fully saturated rings. The second kappa shape index (κ2) is 6.16. The Kier molecular flexibility index (Phi) is 5.29. The van der Waals surface area contributed by atoms with Crippen LogP contribution in [-0.4, -0.2) is 41.7 Å². The number of carbonyl (C=O) groups is 2. The Hall–Kier alpha value is -1.14. The van der Waals surface area contributed by atoms with Gasteiger partial charge in [0.2, 0.25) is 0 Å². The Bertz CT molecular complexity index is 472. The van der Waals surface area contributed by atoms with E-state index in [9.17, 15) is 14.4 Å². The molecule has 22 heavy (non-hydrogen) atoms. The van der Waals surface area contributed by atoms with Crippen molar-refractivity contribution in [2.75, 3.05) is 0 Å². The molecule has 0 saturated carbocycles. The molecule has 0 unspecified atom stereocenters. The molecule has 126 valence electrons. The van der Waals surface area contributed by atoms with Gasteiger partial charge in [-0.15, -0.1) is 0 Å². The van der Waals surface area contributed by atoms with Gasteiger partial charge in [-0.2, -0.15) is 0 Å². The third-order valence-corrected chi connectivity index (χ3v) is 7.90. The van der Waals surface area contributed by atoms with E-state index < -0.39 is 20.0 Å². The van der Waals surface area contributed by atoms with Gasteiger partial charge in [0, 0.05) is 6.08 Å². The zero-order valence-electron chi connectivity index (χ0n) is 14.8. The molecule has 0 saturated heterocycles. The van der Waals surface area contributed by atoms with Gasteiger partial charge in [-0.25, -0.2) is 9.69 Å². The molecule has 0 aromatic heterocycles. The Morgan fingerprint density at radius 2 is 1.86 bits per heavy atom. The first-order valence-electron chi connectivity index (χ1n) is 7.71. The lowest BCUT2D eigenvalue weighted by Crippen LogP contribution is -2.44. The first kappa shape index (κ1) is 18.9. The van der Waals surface area contributed by atoms with Gasteiger partial charge >= 0.3 is 6.09 Å². The monoisotopic (exact) mass is 327 g/mol. The van der Waals surface area contributed by atoms with E-state index in [1.165, 1.54) is 11.0 Å². The summed E-state index contributed by atoms with van der Waals surface area (Å²) in [6, 6.07) is -0.294. The van der Waals surface area contributed by atoms with E-state index in [0.29, 0.717) is 6.42 Å². The molecule has 0 bridgehead atoms. The highest BCUT2D eigenvalue weighted by Gasteiger charge is 2.40. The highest BCUT2D eigenvalue weighted by molar-refractivity contribution is 6.72. The highest BCUT2D eigenvalue weighted by Crippen LogP contribution is 2.41. The summed E-state index contributed by atoms with van der Waals surface area (Å²) in [5.41, 5.74) is -0.635. The Labute approximate surface area is 134 Å². The molecule has 1 aliphatic heterocycles. The van der Waals surface area contributed by atoms with Crippen LogP contribution in [0, 0.1) is 0 Å². The maximum atomic E-state index is 12.2. The SMILES string of the molecule is CC(C)(C)OC(=O)N1C(=O)C=C[C@H]1CCC(C)(C)[Si](C)(C)O. The van der Waals surface area contributed by atoms with E-state index in [1.54, 1.807) is 26.8 Å². The van der Waals surface area contributed by atoms with Crippen LogP contribution in [0.5, 0.6) is 0 Å². The molecule has 1 rings (SSSR count). The van der Waals surface area contributed by atoms with Gasteiger partial charge < -0.3 is 9.53 Å². The van der Waals surface area contributed by atoms with Crippen LogP contribution < -0.4 is 0 Å². The fourth-order valence-corrected chi connectivity index (χ4v) is 2.86. The zero-order valence-corrected chi connectivity index (χ0v) is 15.8. The quantitative estimate of drug-likeness (QED) is 0.803. The van der Waals surface area contributed by atoms with Crippen molar-refractivity contribution in [3.63, 3.8) is 0 Å². The second-order valence-electron chi connectivity index (χ2n) is 8.10. The van der Waals surface area contributed by atoms with E-state index in [0.717, 1.165) is 6.42 Å². The van der Waals surface area contributed by atoms with Crippen LogP contribution in [0.2, 0.25) is 18.1 Å². The lowest BCUT2D eigenvalue weighted by atomic mass is 10.0. The smallest absolute Gasteiger partial charge is 0.417 e. The van der Waals surface area contributed by atoms with Crippen molar-refractivity contribution in [3.8, 4) is 0 Å². The van der Waals surface area contributed by atoms with Crippen molar-refractivity contribution in [2.24, 2.45) is 0 Å². The van der Waals surface area contributed by atoms with Crippen LogP contribution in [-0.2, 0) is 9.53 Å². The maximum Gasteiger partial charge on any atom is 0.417 e. The first-order valence-corrected chi connectivity index (χ1v) is 10.7. The molecular weight excluding hydrogens is 298 g/mol. The molecule has 0 spiro atoms. The normalized spacial score (nSPS) is 19.7. The van der Waals surface area contributed by atoms with Crippen molar-refractivity contribution in [3.05, 3.63) is 12.2 Å². The average Bonchev–Trinajstić information content (AvgIpc) is 2.64. The van der Waals surface area contributed by atoms with Crippen molar-refractivity contribution in [1.82, 2.24) is 4.90 Å². The van der Waals surface area contributed by atoms with E-state index in [2.05, 4.69) is 0 Å². The van der Waals surface area contributed by atoms with Crippen molar-refractivity contribution < 1.29 is 19.1 Å². The topological polar surface area (TPSA) is 66.8 Å². The number of hydrogen-bond donors (Lipinski definition) is 1. The summed E-state index contributed by atoms with van der Waals surface area (Å²) in [5.74, 6) is -0.336. The molecule has 5 nitrogen and oxygen atoms in total. The van der Waals surface area contributed by atoms with Crippen LogP contribution >= 0.6 is 0 Å². The molecule has 2 amide bonds. The van der Waals surface area contributed by atoms with Gasteiger partial charge in [-0.05, 0) is 51.7 Å². The van der Waals surface area contributed by atoms with Crippen LogP contribution in [0.25, 0.3) is 0 Å². The van der Waals surface area contributed by atoms with Gasteiger partial charge in [0.25, 0.3) is 5.91 Å². The van der Waals surface area contributed by atoms with Gasteiger partial charge in [-0.1, -0.05) is 19.9 Å². The van der Waals surface area contributed by atoms with Crippen molar-refractivity contribution in [1.29, 1.82) is 0 Å². The first-order chi connectivity index (χ1) is 9.74. The fourth-order valence-electron chi connectivity index (χ4n) is 2.10. The van der Waals surface area contributed by atoms with Crippen LogP contribution in [0.3, 0.4) is 0 Å². The van der Waals surface area contributed by atoms with Gasteiger partial charge in [0.1, 0.15) is 5.60 Å². The lowest BCUT2D eigenvalue weighted by Gasteiger charge is -2.36. The summed E-state index contributed by atoms with van der Waals surface area (Å²) < 4.78 is 5.31. The number of nitrogens with zero attached hydrogens (tertiary/aromatic N) is 1. The number of amides is 2. The molecule has 0 aromatic rings. The summed E-state index contributed by atoms with van der Waals surface area (Å²) in [4.78, 5) is 35.7. The highest BCUT2D eigenvalue weighted by atomic mass is 28.4. The predicted molar refractivity (Wildman–Crippen MR) is 89.0 cm³/mol. The summed E-state index contributed by atoms with van der Waals surface area (Å²) in [6.07, 6.45) is 3.93. The number of hydrogen-bond acceptors (Lipinski definition) is 4. The molecule has 1 heterocycles. The van der Waals surface area contributed by atoms with E-state index in [4.69, 9.17) is 4.74 Å². The maximum absolute atomic E-state index is 12.2. The zero-order chi connectivity index (χ0) is 17.3. The minimum atomic E-state index is -2.30. The molecule has 1 N–H and O–H groups in total. The molecule has 1 atom stereocenters. The van der Waals surface area contributed by atoms with Crippen molar-refractivity contribution in [2.45, 2.75) is 77.2 Å². The number of carbonyl (C=O) groups excluding carboxylic acids is 2. The third kappa shape index (κ3) is 4.68. The molecular formula is C16H29NO4Si. The van der Waals surface area contributed by atoms with Crippen molar-refractivity contribution >= 4 is 20.3 Å². The van der Waals surface area contributed by atoms with E-state index in [1.807, 2.05) is 26.9 Å². The van der Waals surface area contributed by atoms with E-state index >= 15 is 0 Å². The summed E-state index contributed by atoms with van der Waals surface area (Å²) in [5, 5.41) is -0.188. The molecule has 0 aliphatic carbocycles. The van der Waals surface area contributed by atoms with Crippen LogP contribution in [0.1, 0.15) is 47.5 Å². The fraction of sp³-hybridized carbons (Fsp3) is 0.750. The van der Waals surface area contributed by atoms with Gasteiger partial charge in [-0.3, -0.25) is 4.79 Å². The lowest BCUT2D eigenvalue weighted by molar-refractivity contribution is -0.125. The number of ether oxygens (including phenoxy) is 1. The minimum absolute atomic E-state index is 0.188. The summed E-state index contributed by atoms with van der Waals surface area (Å²) >= 11 is 0. The van der Waals surface area contributed by atoms with E-state index in [-0.39, 0.29) is 17.0 Å². The minimum Gasteiger partial charge on any atom is -0.443 e. The number of rotatable bonds is 4. The van der Waals surface area contributed by atoms with Gasteiger partial charge in [0.05, 0.1) is 6.04 Å². The number of imide groups is 1. The van der Waals surface area contributed by atoms with Crippen LogP contribution in [0.4, 0.5) is 4.79 Å². The summed E-state index contributed by atoms with van der Waals surface area (Å²) in [6.45, 7) is 13.2. The molecule has 0 aromatic carbocycles. The average molecular weight is 327 g/mol. The second-order valence-corrected chi connectivity index (χ2v) is 12.6. The Balaban J connectivity index is 2.76. The van der Waals surface area contributed by atoms with Gasteiger partial charge in [0.15, 0.2) is 8.32 Å². The Morgan fingerprint density at radius 3 is 2.32 bits per heavy atom. The molecule has 1 aliphatic rings. The summed E-state index contributed by atoms with van der Waals surface area (Å²) in [7, 11) is -2.30. The largest absolute Gasteiger partial charge is 0.443 e.